The Labute approximate surface area is 266 Å². The van der Waals surface area contributed by atoms with Crippen LogP contribution in [-0.2, 0) is 18.9 Å². The van der Waals surface area contributed by atoms with E-state index in [9.17, 15) is 40.1 Å². The van der Waals surface area contributed by atoms with Crippen LogP contribution in [0.4, 0.5) is 4.39 Å². The summed E-state index contributed by atoms with van der Waals surface area (Å²) in [6.07, 6.45) is -15.1. The Morgan fingerprint density at radius 1 is 1.04 bits per heavy atom. The number of nitrogens with two attached hydrogens (primary N) is 3. The Hall–Kier alpha value is -1.24. The summed E-state index contributed by atoms with van der Waals surface area (Å²) in [5, 5.41) is 88.7. The first kappa shape index (κ1) is 39.2. The highest BCUT2D eigenvalue weighted by Crippen LogP contribution is 2.33. The number of likely N-dealkylation sites (N-methyl/N-ethyl adjacent to an activating group) is 1. The first-order chi connectivity index (χ1) is 21.7. The Morgan fingerprint density at radius 3 is 2.35 bits per heavy atom. The largest absolute Gasteiger partial charge is 0.394 e. The molecular formula is C27H53FN6O12. The summed E-state index contributed by atoms with van der Waals surface area (Å²) in [4.78, 5) is 4.23. The van der Waals surface area contributed by atoms with Gasteiger partial charge < -0.3 is 87.6 Å². The summed E-state index contributed by atoms with van der Waals surface area (Å²) in [5.41, 5.74) is 17.2. The molecule has 2 saturated heterocycles. The topological polar surface area (TPSA) is 313 Å². The lowest BCUT2D eigenvalue weighted by atomic mass is 9.83. The van der Waals surface area contributed by atoms with Crippen molar-refractivity contribution in [3.8, 4) is 0 Å². The van der Waals surface area contributed by atoms with E-state index in [4.69, 9.17) is 41.3 Å². The van der Waals surface area contributed by atoms with Crippen molar-refractivity contribution in [1.82, 2.24) is 10.6 Å². The Balaban J connectivity index is 1.86. The van der Waals surface area contributed by atoms with Gasteiger partial charge in [0.2, 0.25) is 0 Å². The molecule has 0 aromatic heterocycles. The molecular weight excluding hydrogens is 619 g/mol. The lowest BCUT2D eigenvalue weighted by Gasteiger charge is -2.48. The molecule has 2 heterocycles. The average Bonchev–Trinajstić information content (AvgIpc) is 3.01. The van der Waals surface area contributed by atoms with Gasteiger partial charge in [-0.1, -0.05) is 0 Å². The first-order valence-corrected chi connectivity index (χ1v) is 15.4. The standard InChI is InChI=1S/C27H53FN6O12/c1-27(42)10-43-26(20(41)23(27)32-2)46-22-14(34-24(31)18(39)17(38)16(37)15(36)9-35)7-13(30)21(19(22)40)45-25-12(29)4-3-11(44-25)8-33-6-5-28/h11-23,25-26,32-33,35-42H,3-10,29-30H2,1-2H3,(H2,31,34)/t11-,12?,13-,14+,15?,16?,17?,18?,19?,20?,21?,22?,23+,25+,26+,27?/m0/s1. The molecule has 0 aromatic carbocycles. The summed E-state index contributed by atoms with van der Waals surface area (Å²) in [6, 6.07) is -3.57. The summed E-state index contributed by atoms with van der Waals surface area (Å²) >= 11 is 0. The molecule has 3 aliphatic rings. The van der Waals surface area contributed by atoms with Crippen molar-refractivity contribution in [3.05, 3.63) is 0 Å². The minimum atomic E-state index is -2.05. The average molecular weight is 673 g/mol. The van der Waals surface area contributed by atoms with E-state index in [1.807, 2.05) is 0 Å². The van der Waals surface area contributed by atoms with Gasteiger partial charge in [-0.15, -0.1) is 0 Å². The second-order valence-electron chi connectivity index (χ2n) is 12.4. The summed E-state index contributed by atoms with van der Waals surface area (Å²) in [6.45, 7) is 0.260. The number of hydrogen-bond donors (Lipinski definition) is 13. The fourth-order valence-electron chi connectivity index (χ4n) is 6.02. The van der Waals surface area contributed by atoms with Crippen molar-refractivity contribution in [2.75, 3.05) is 40.0 Å². The summed E-state index contributed by atoms with van der Waals surface area (Å²) in [5.74, 6) is -0.614. The van der Waals surface area contributed by atoms with Crippen molar-refractivity contribution in [3.63, 3.8) is 0 Å². The van der Waals surface area contributed by atoms with Gasteiger partial charge in [0, 0.05) is 19.1 Å². The second-order valence-corrected chi connectivity index (χ2v) is 12.4. The molecule has 0 aromatic rings. The number of aliphatic hydroxyl groups excluding tert-OH is 7. The minimum absolute atomic E-state index is 0.0862. The van der Waals surface area contributed by atoms with Crippen LogP contribution in [0.5, 0.6) is 0 Å². The maximum atomic E-state index is 12.6. The molecule has 18 nitrogen and oxygen atoms in total. The Morgan fingerprint density at radius 2 is 1.72 bits per heavy atom. The summed E-state index contributed by atoms with van der Waals surface area (Å²) in [7, 11) is 1.53. The van der Waals surface area contributed by atoms with Crippen molar-refractivity contribution >= 4 is 5.84 Å². The number of hydrogen-bond acceptors (Lipinski definition) is 17. The molecule has 16 N–H and O–H groups in total. The smallest absolute Gasteiger partial charge is 0.185 e. The molecule has 1 saturated carbocycles. The monoisotopic (exact) mass is 672 g/mol. The van der Waals surface area contributed by atoms with Crippen LogP contribution in [0.15, 0.2) is 4.99 Å². The number of nitrogens with zero attached hydrogens (tertiary/aromatic N) is 1. The molecule has 10 unspecified atom stereocenters. The molecule has 270 valence electrons. The van der Waals surface area contributed by atoms with E-state index >= 15 is 0 Å². The first-order valence-electron chi connectivity index (χ1n) is 15.4. The highest BCUT2D eigenvalue weighted by molar-refractivity contribution is 5.85. The molecule has 16 atom stereocenters. The fourth-order valence-corrected chi connectivity index (χ4v) is 6.02. The third-order valence-corrected chi connectivity index (χ3v) is 8.73. The van der Waals surface area contributed by atoms with Crippen molar-refractivity contribution < 1.29 is 64.2 Å². The van der Waals surface area contributed by atoms with Crippen molar-refractivity contribution in [2.24, 2.45) is 22.2 Å². The Bertz CT molecular complexity index is 961. The number of nitrogens with one attached hydrogen (secondary N) is 2. The molecule has 3 rings (SSSR count). The highest BCUT2D eigenvalue weighted by atomic mass is 19.1. The number of aliphatic hydroxyl groups is 8. The quantitative estimate of drug-likeness (QED) is 0.0437. The zero-order chi connectivity index (χ0) is 34.3. The van der Waals surface area contributed by atoms with Gasteiger partial charge in [-0.2, -0.15) is 0 Å². The minimum Gasteiger partial charge on any atom is -0.394 e. The van der Waals surface area contributed by atoms with Gasteiger partial charge in [0.15, 0.2) is 12.6 Å². The van der Waals surface area contributed by atoms with Crippen LogP contribution >= 0.6 is 0 Å². The van der Waals surface area contributed by atoms with E-state index in [-0.39, 0.29) is 25.7 Å². The van der Waals surface area contributed by atoms with E-state index < -0.39 is 110 Å². The highest BCUT2D eigenvalue weighted by Gasteiger charge is 2.52. The van der Waals surface area contributed by atoms with E-state index in [0.717, 1.165) is 0 Å². The Kier molecular flexibility index (Phi) is 14.9. The fraction of sp³-hybridized carbons (Fsp3) is 0.963. The van der Waals surface area contributed by atoms with E-state index in [1.165, 1.54) is 14.0 Å². The van der Waals surface area contributed by atoms with Gasteiger partial charge in [0.05, 0.1) is 37.4 Å². The predicted octanol–water partition coefficient (Wildman–Crippen LogP) is -6.54. The zero-order valence-electron chi connectivity index (χ0n) is 26.1. The normalized spacial score (nSPS) is 41.9. The predicted molar refractivity (Wildman–Crippen MR) is 159 cm³/mol. The van der Waals surface area contributed by atoms with Crippen LogP contribution in [0.2, 0.25) is 0 Å². The molecule has 0 spiro atoms. The lowest BCUT2D eigenvalue weighted by Crippen LogP contribution is -2.67. The van der Waals surface area contributed by atoms with E-state index in [1.54, 1.807) is 0 Å². The SMILES string of the molecule is CN[C@@H]1C(O)[C@@H](OC2C(O)C(O[C@H]3O[C@H](CNCCF)CCC3N)[C@@H](N)C[C@H]2N=C(N)C(O)C(O)C(O)C(O)CO)OCC1(C)O. The molecule has 46 heavy (non-hydrogen) atoms. The van der Waals surface area contributed by atoms with Crippen LogP contribution in [0.25, 0.3) is 0 Å². The zero-order valence-corrected chi connectivity index (χ0v) is 26.1. The third kappa shape index (κ3) is 9.47. The molecule has 1 aliphatic carbocycles. The van der Waals surface area contributed by atoms with Gasteiger partial charge in [-0.05, 0) is 33.2 Å². The number of amidine groups is 1. The van der Waals surface area contributed by atoms with Gasteiger partial charge in [0.25, 0.3) is 0 Å². The van der Waals surface area contributed by atoms with Crippen LogP contribution in [0, 0.1) is 0 Å². The second kappa shape index (κ2) is 17.4. The number of halogens is 1. The van der Waals surface area contributed by atoms with Gasteiger partial charge >= 0.3 is 0 Å². The van der Waals surface area contributed by atoms with Crippen LogP contribution in [-0.4, -0.2) is 184 Å². The van der Waals surface area contributed by atoms with Crippen LogP contribution < -0.4 is 27.8 Å². The van der Waals surface area contributed by atoms with Crippen molar-refractivity contribution in [2.45, 2.75) is 123 Å². The molecule has 0 radical (unpaired) electrons. The summed E-state index contributed by atoms with van der Waals surface area (Å²) < 4.78 is 36.3. The molecule has 0 bridgehead atoms. The third-order valence-electron chi connectivity index (χ3n) is 8.73. The van der Waals surface area contributed by atoms with Crippen LogP contribution in [0.1, 0.15) is 26.2 Å². The van der Waals surface area contributed by atoms with Gasteiger partial charge in [-0.3, -0.25) is 4.99 Å². The van der Waals surface area contributed by atoms with E-state index in [2.05, 4.69) is 15.6 Å². The molecule has 3 fully saturated rings. The molecule has 0 amide bonds. The number of aliphatic imine (C=N–C) groups is 1. The van der Waals surface area contributed by atoms with Gasteiger partial charge in [-0.25, -0.2) is 4.39 Å². The van der Waals surface area contributed by atoms with E-state index in [0.29, 0.717) is 19.4 Å². The lowest BCUT2D eigenvalue weighted by molar-refractivity contribution is -0.306. The molecule has 2 aliphatic heterocycles. The maximum Gasteiger partial charge on any atom is 0.185 e. The molecule has 19 heteroatoms. The number of rotatable bonds is 15. The van der Waals surface area contributed by atoms with Gasteiger partial charge in [0.1, 0.15) is 66.9 Å². The van der Waals surface area contributed by atoms with Crippen LogP contribution in [0.3, 0.4) is 0 Å². The maximum absolute atomic E-state index is 12.6. The number of alkyl halides is 1. The van der Waals surface area contributed by atoms with Crippen molar-refractivity contribution in [1.29, 1.82) is 0 Å². The number of ether oxygens (including phenoxy) is 4.